The molecule has 146 valence electrons. The van der Waals surface area contributed by atoms with Crippen LogP contribution in [0.5, 0.6) is 0 Å². The van der Waals surface area contributed by atoms with Gasteiger partial charge in [0.1, 0.15) is 5.82 Å². The highest BCUT2D eigenvalue weighted by molar-refractivity contribution is 7.92. The van der Waals surface area contributed by atoms with Gasteiger partial charge in [0.2, 0.25) is 0 Å². The molecule has 0 atom stereocenters. The van der Waals surface area contributed by atoms with Crippen LogP contribution in [0.25, 0.3) is 0 Å². The van der Waals surface area contributed by atoms with E-state index in [1.165, 1.54) is 6.20 Å². The maximum absolute atomic E-state index is 12.7. The summed E-state index contributed by atoms with van der Waals surface area (Å²) in [6.07, 6.45) is 1.50. The van der Waals surface area contributed by atoms with Crippen molar-refractivity contribution in [3.63, 3.8) is 0 Å². The van der Waals surface area contributed by atoms with Crippen LogP contribution in [0.3, 0.4) is 0 Å². The third kappa shape index (κ3) is 4.61. The molecule has 3 aromatic rings. The van der Waals surface area contributed by atoms with Crippen LogP contribution in [0.2, 0.25) is 0 Å². The standard InChI is InChI=1S/C21H24N4O2S/c1-15-5-6-16(2)20(13-15)28(26,27)24-18-9-12-21(22-14-18)23-17-7-10-19(11-8-17)25(3)4/h5-14,24H,1-4H3,(H,22,23). The van der Waals surface area contributed by atoms with Gasteiger partial charge in [0.05, 0.1) is 16.8 Å². The summed E-state index contributed by atoms with van der Waals surface area (Å²) in [5, 5.41) is 3.20. The van der Waals surface area contributed by atoms with Crippen LogP contribution in [0.1, 0.15) is 11.1 Å². The molecular formula is C21H24N4O2S. The van der Waals surface area contributed by atoms with Crippen molar-refractivity contribution in [1.29, 1.82) is 0 Å². The second kappa shape index (κ2) is 7.90. The van der Waals surface area contributed by atoms with Crippen LogP contribution in [-0.2, 0) is 10.0 Å². The van der Waals surface area contributed by atoms with Crippen LogP contribution in [-0.4, -0.2) is 27.5 Å². The Hall–Kier alpha value is -3.06. The average molecular weight is 397 g/mol. The summed E-state index contributed by atoms with van der Waals surface area (Å²) in [4.78, 5) is 6.60. The Morgan fingerprint density at radius 2 is 1.57 bits per heavy atom. The van der Waals surface area contributed by atoms with E-state index < -0.39 is 10.0 Å². The molecule has 1 heterocycles. The van der Waals surface area contributed by atoms with Gasteiger partial charge in [-0.05, 0) is 67.4 Å². The van der Waals surface area contributed by atoms with E-state index in [2.05, 4.69) is 15.0 Å². The molecule has 2 aromatic carbocycles. The molecule has 0 amide bonds. The van der Waals surface area contributed by atoms with E-state index in [1.54, 1.807) is 31.2 Å². The fraction of sp³-hybridized carbons (Fsp3) is 0.190. The molecule has 0 radical (unpaired) electrons. The predicted molar refractivity (Wildman–Crippen MR) is 115 cm³/mol. The second-order valence-corrected chi connectivity index (χ2v) is 8.52. The first-order valence-corrected chi connectivity index (χ1v) is 10.3. The van der Waals surface area contributed by atoms with Crippen LogP contribution in [0, 0.1) is 13.8 Å². The van der Waals surface area contributed by atoms with Gasteiger partial charge in [0.25, 0.3) is 10.0 Å². The van der Waals surface area contributed by atoms with Crippen molar-refractivity contribution in [3.8, 4) is 0 Å². The van der Waals surface area contributed by atoms with E-state index in [1.807, 2.05) is 56.3 Å². The normalized spacial score (nSPS) is 11.1. The molecule has 0 fully saturated rings. The summed E-state index contributed by atoms with van der Waals surface area (Å²) in [6.45, 7) is 3.65. The van der Waals surface area contributed by atoms with E-state index in [9.17, 15) is 8.42 Å². The minimum atomic E-state index is -3.67. The topological polar surface area (TPSA) is 74.3 Å². The van der Waals surface area contributed by atoms with Crippen molar-refractivity contribution >= 4 is 32.9 Å². The monoisotopic (exact) mass is 396 g/mol. The molecule has 7 heteroatoms. The quantitative estimate of drug-likeness (QED) is 0.649. The summed E-state index contributed by atoms with van der Waals surface area (Å²) in [7, 11) is 0.310. The number of aromatic nitrogens is 1. The number of hydrogen-bond acceptors (Lipinski definition) is 5. The zero-order valence-corrected chi connectivity index (χ0v) is 17.2. The fourth-order valence-corrected chi connectivity index (χ4v) is 4.10. The molecule has 0 saturated carbocycles. The van der Waals surface area contributed by atoms with Crippen molar-refractivity contribution < 1.29 is 8.42 Å². The van der Waals surface area contributed by atoms with Gasteiger partial charge < -0.3 is 10.2 Å². The number of pyridine rings is 1. The van der Waals surface area contributed by atoms with Gasteiger partial charge in [0.15, 0.2) is 0 Å². The molecule has 0 saturated heterocycles. The number of hydrogen-bond donors (Lipinski definition) is 2. The molecule has 0 unspecified atom stereocenters. The predicted octanol–water partition coefficient (Wildman–Crippen LogP) is 4.31. The summed E-state index contributed by atoms with van der Waals surface area (Å²) >= 11 is 0. The first-order chi connectivity index (χ1) is 13.2. The second-order valence-electron chi connectivity index (χ2n) is 6.87. The van der Waals surface area contributed by atoms with E-state index in [4.69, 9.17) is 0 Å². The highest BCUT2D eigenvalue weighted by Crippen LogP contribution is 2.22. The molecule has 0 aliphatic rings. The molecule has 0 spiro atoms. The van der Waals surface area contributed by atoms with Crippen LogP contribution >= 0.6 is 0 Å². The SMILES string of the molecule is Cc1ccc(C)c(S(=O)(=O)Nc2ccc(Nc3ccc(N(C)C)cc3)nc2)c1. The number of nitrogens with zero attached hydrogens (tertiary/aromatic N) is 2. The Morgan fingerprint density at radius 1 is 0.893 bits per heavy atom. The molecule has 2 N–H and O–H groups in total. The van der Waals surface area contributed by atoms with Crippen LogP contribution in [0.15, 0.2) is 65.7 Å². The third-order valence-electron chi connectivity index (χ3n) is 4.30. The molecule has 28 heavy (non-hydrogen) atoms. The first kappa shape index (κ1) is 19.7. The molecule has 3 rings (SSSR count). The van der Waals surface area contributed by atoms with Gasteiger partial charge in [0, 0.05) is 25.5 Å². The highest BCUT2D eigenvalue weighted by atomic mass is 32.2. The maximum Gasteiger partial charge on any atom is 0.262 e. The molecule has 6 nitrogen and oxygen atoms in total. The van der Waals surface area contributed by atoms with E-state index in [0.717, 1.165) is 16.9 Å². The first-order valence-electron chi connectivity index (χ1n) is 8.85. The summed E-state index contributed by atoms with van der Waals surface area (Å²) in [5.41, 5.74) is 4.01. The summed E-state index contributed by atoms with van der Waals surface area (Å²) in [6, 6.07) is 16.7. The summed E-state index contributed by atoms with van der Waals surface area (Å²) < 4.78 is 27.9. The van der Waals surface area contributed by atoms with Crippen LogP contribution in [0.4, 0.5) is 22.9 Å². The molecule has 1 aromatic heterocycles. The Kier molecular flexibility index (Phi) is 5.56. The Morgan fingerprint density at radius 3 is 2.18 bits per heavy atom. The van der Waals surface area contributed by atoms with E-state index in [-0.39, 0.29) is 4.90 Å². The number of rotatable bonds is 6. The smallest absolute Gasteiger partial charge is 0.262 e. The molecule has 0 aliphatic heterocycles. The Bertz CT molecular complexity index is 1060. The van der Waals surface area contributed by atoms with Gasteiger partial charge in [-0.3, -0.25) is 4.72 Å². The Balaban J connectivity index is 1.73. The number of anilines is 4. The number of nitrogens with one attached hydrogen (secondary N) is 2. The lowest BCUT2D eigenvalue weighted by molar-refractivity contribution is 0.600. The zero-order chi connectivity index (χ0) is 20.3. The van der Waals surface area contributed by atoms with Crippen LogP contribution < -0.4 is 14.9 Å². The van der Waals surface area contributed by atoms with Crippen molar-refractivity contribution in [2.24, 2.45) is 0 Å². The largest absolute Gasteiger partial charge is 0.378 e. The molecular weight excluding hydrogens is 372 g/mol. The molecule has 0 bridgehead atoms. The lowest BCUT2D eigenvalue weighted by Gasteiger charge is -2.13. The van der Waals surface area contributed by atoms with Gasteiger partial charge in [-0.1, -0.05) is 12.1 Å². The fourth-order valence-electron chi connectivity index (χ4n) is 2.73. The number of aryl methyl sites for hydroxylation is 2. The minimum Gasteiger partial charge on any atom is -0.378 e. The lowest BCUT2D eigenvalue weighted by atomic mass is 10.2. The number of sulfonamides is 1. The number of benzene rings is 2. The zero-order valence-electron chi connectivity index (χ0n) is 16.4. The van der Waals surface area contributed by atoms with E-state index in [0.29, 0.717) is 17.1 Å². The van der Waals surface area contributed by atoms with Crippen molar-refractivity contribution in [2.45, 2.75) is 18.7 Å². The maximum atomic E-state index is 12.7. The highest BCUT2D eigenvalue weighted by Gasteiger charge is 2.17. The van der Waals surface area contributed by atoms with Crippen molar-refractivity contribution in [1.82, 2.24) is 4.98 Å². The van der Waals surface area contributed by atoms with Gasteiger partial charge in [-0.2, -0.15) is 0 Å². The average Bonchev–Trinajstić information content (AvgIpc) is 2.65. The van der Waals surface area contributed by atoms with Crippen molar-refractivity contribution in [2.75, 3.05) is 29.0 Å². The minimum absolute atomic E-state index is 0.274. The van der Waals surface area contributed by atoms with Gasteiger partial charge in [-0.25, -0.2) is 13.4 Å². The Labute approximate surface area is 166 Å². The van der Waals surface area contributed by atoms with Gasteiger partial charge in [-0.15, -0.1) is 0 Å². The third-order valence-corrected chi connectivity index (χ3v) is 5.83. The molecule has 0 aliphatic carbocycles. The van der Waals surface area contributed by atoms with Gasteiger partial charge >= 0.3 is 0 Å². The summed E-state index contributed by atoms with van der Waals surface area (Å²) in [5.74, 6) is 0.632. The lowest BCUT2D eigenvalue weighted by Crippen LogP contribution is -2.14. The van der Waals surface area contributed by atoms with E-state index >= 15 is 0 Å². The van der Waals surface area contributed by atoms with Crippen molar-refractivity contribution in [3.05, 3.63) is 71.9 Å².